The number of hydrogen-bond donors (Lipinski definition) is 1. The highest BCUT2D eigenvalue weighted by atomic mass is 19.1. The standard InChI is InChI=1S/C22H23FN2O/c1-15-4-6-16(7-5-15)11-22(26)25-10-2-3-17(14-25)21-13-18-12-19(23)8-9-20(18)24-21/h4-9,12-13,17,24H,2-3,10-11,14H2,1H3. The molecule has 1 N–H and O–H groups in total. The van der Waals surface area contributed by atoms with E-state index in [1.165, 1.54) is 11.6 Å². The van der Waals surface area contributed by atoms with Gasteiger partial charge in [0.2, 0.25) is 5.91 Å². The zero-order valence-electron chi connectivity index (χ0n) is 15.0. The number of nitrogens with zero attached hydrogens (tertiary/aromatic N) is 1. The van der Waals surface area contributed by atoms with Crippen molar-refractivity contribution in [1.29, 1.82) is 0 Å². The molecule has 1 amide bonds. The topological polar surface area (TPSA) is 36.1 Å². The number of carbonyl (C=O) groups excluding carboxylic acids is 1. The van der Waals surface area contributed by atoms with Crippen LogP contribution in [-0.4, -0.2) is 28.9 Å². The van der Waals surface area contributed by atoms with E-state index in [2.05, 4.69) is 4.98 Å². The number of benzene rings is 2. The molecule has 1 unspecified atom stereocenters. The third-order valence-corrected chi connectivity index (χ3v) is 5.29. The Morgan fingerprint density at radius 3 is 2.81 bits per heavy atom. The molecule has 1 aliphatic heterocycles. The van der Waals surface area contributed by atoms with Crippen LogP contribution >= 0.6 is 0 Å². The number of fused-ring (bicyclic) bond motifs is 1. The van der Waals surface area contributed by atoms with Gasteiger partial charge in [0.1, 0.15) is 5.82 Å². The summed E-state index contributed by atoms with van der Waals surface area (Å²) in [5, 5.41) is 0.892. The lowest BCUT2D eigenvalue weighted by atomic mass is 9.94. The first kappa shape index (κ1) is 16.8. The number of piperidine rings is 1. The first-order valence-corrected chi connectivity index (χ1v) is 9.20. The molecule has 26 heavy (non-hydrogen) atoms. The van der Waals surface area contributed by atoms with Gasteiger partial charge >= 0.3 is 0 Å². The highest BCUT2D eigenvalue weighted by Gasteiger charge is 2.25. The smallest absolute Gasteiger partial charge is 0.227 e. The monoisotopic (exact) mass is 350 g/mol. The van der Waals surface area contributed by atoms with Gasteiger partial charge in [-0.05, 0) is 49.6 Å². The lowest BCUT2D eigenvalue weighted by Crippen LogP contribution is -2.40. The quantitative estimate of drug-likeness (QED) is 0.738. The Morgan fingerprint density at radius 1 is 1.19 bits per heavy atom. The van der Waals surface area contributed by atoms with Crippen LogP contribution in [0.25, 0.3) is 10.9 Å². The molecule has 0 bridgehead atoms. The number of hydrogen-bond acceptors (Lipinski definition) is 1. The molecule has 134 valence electrons. The van der Waals surface area contributed by atoms with Crippen molar-refractivity contribution in [3.63, 3.8) is 0 Å². The number of H-pyrrole nitrogens is 1. The Morgan fingerprint density at radius 2 is 2.00 bits per heavy atom. The number of aromatic nitrogens is 1. The van der Waals surface area contributed by atoms with Crippen LogP contribution in [-0.2, 0) is 11.2 Å². The molecule has 1 fully saturated rings. The normalized spacial score (nSPS) is 17.6. The molecule has 1 aromatic heterocycles. The van der Waals surface area contributed by atoms with Crippen molar-refractivity contribution >= 4 is 16.8 Å². The second-order valence-corrected chi connectivity index (χ2v) is 7.30. The maximum absolute atomic E-state index is 13.4. The minimum Gasteiger partial charge on any atom is -0.358 e. The summed E-state index contributed by atoms with van der Waals surface area (Å²) in [6.45, 7) is 3.59. The zero-order chi connectivity index (χ0) is 18.1. The van der Waals surface area contributed by atoms with Gasteiger partial charge in [-0.3, -0.25) is 4.79 Å². The van der Waals surface area contributed by atoms with E-state index in [1.807, 2.05) is 42.2 Å². The largest absolute Gasteiger partial charge is 0.358 e. The van der Waals surface area contributed by atoms with Crippen molar-refractivity contribution in [3.8, 4) is 0 Å². The predicted molar refractivity (Wildman–Crippen MR) is 102 cm³/mol. The summed E-state index contributed by atoms with van der Waals surface area (Å²) < 4.78 is 13.4. The molecule has 3 nitrogen and oxygen atoms in total. The van der Waals surface area contributed by atoms with Crippen LogP contribution in [0.15, 0.2) is 48.5 Å². The van der Waals surface area contributed by atoms with E-state index in [1.54, 1.807) is 12.1 Å². The average Bonchev–Trinajstić information content (AvgIpc) is 3.07. The van der Waals surface area contributed by atoms with Gasteiger partial charge in [0.15, 0.2) is 0 Å². The van der Waals surface area contributed by atoms with E-state index in [-0.39, 0.29) is 17.6 Å². The maximum Gasteiger partial charge on any atom is 0.227 e. The number of aromatic amines is 1. The second kappa shape index (κ2) is 6.94. The van der Waals surface area contributed by atoms with Crippen molar-refractivity contribution in [1.82, 2.24) is 9.88 Å². The lowest BCUT2D eigenvalue weighted by molar-refractivity contribution is -0.131. The first-order chi connectivity index (χ1) is 12.6. The van der Waals surface area contributed by atoms with Gasteiger partial charge in [0.05, 0.1) is 6.42 Å². The highest BCUT2D eigenvalue weighted by molar-refractivity contribution is 5.81. The molecule has 2 aromatic carbocycles. The van der Waals surface area contributed by atoms with Gasteiger partial charge in [0, 0.05) is 35.6 Å². The fourth-order valence-electron chi connectivity index (χ4n) is 3.80. The minimum atomic E-state index is -0.221. The minimum absolute atomic E-state index is 0.181. The SMILES string of the molecule is Cc1ccc(CC(=O)N2CCCC(c3cc4cc(F)ccc4[nH]3)C2)cc1. The molecule has 0 spiro atoms. The van der Waals surface area contributed by atoms with E-state index in [4.69, 9.17) is 0 Å². The number of rotatable bonds is 3. The Balaban J connectivity index is 1.47. The van der Waals surface area contributed by atoms with Crippen molar-refractivity contribution in [3.05, 3.63) is 71.2 Å². The highest BCUT2D eigenvalue weighted by Crippen LogP contribution is 2.29. The lowest BCUT2D eigenvalue weighted by Gasteiger charge is -2.32. The van der Waals surface area contributed by atoms with Crippen LogP contribution in [0.3, 0.4) is 0 Å². The summed E-state index contributed by atoms with van der Waals surface area (Å²) in [7, 11) is 0. The molecule has 1 aliphatic rings. The van der Waals surface area contributed by atoms with Crippen LogP contribution in [0, 0.1) is 12.7 Å². The predicted octanol–water partition coefficient (Wildman–Crippen LogP) is 4.56. The van der Waals surface area contributed by atoms with E-state index < -0.39 is 0 Å². The third kappa shape index (κ3) is 3.50. The number of halogens is 1. The Hall–Kier alpha value is -2.62. The van der Waals surface area contributed by atoms with Gasteiger partial charge in [-0.1, -0.05) is 29.8 Å². The van der Waals surface area contributed by atoms with Gasteiger partial charge in [-0.15, -0.1) is 0 Å². The summed E-state index contributed by atoms with van der Waals surface area (Å²) >= 11 is 0. The van der Waals surface area contributed by atoms with E-state index >= 15 is 0 Å². The molecule has 0 radical (unpaired) electrons. The first-order valence-electron chi connectivity index (χ1n) is 9.20. The van der Waals surface area contributed by atoms with E-state index in [9.17, 15) is 9.18 Å². The third-order valence-electron chi connectivity index (χ3n) is 5.29. The van der Waals surface area contributed by atoms with Crippen molar-refractivity contribution in [2.24, 2.45) is 0 Å². The summed E-state index contributed by atoms with van der Waals surface area (Å²) in [4.78, 5) is 18.1. The van der Waals surface area contributed by atoms with Gasteiger partial charge in [-0.2, -0.15) is 0 Å². The molecule has 3 aromatic rings. The Bertz CT molecular complexity index is 929. The van der Waals surface area contributed by atoms with Crippen LogP contribution < -0.4 is 0 Å². The number of amides is 1. The summed E-state index contributed by atoms with van der Waals surface area (Å²) in [5.41, 5.74) is 4.31. The Kier molecular flexibility index (Phi) is 4.49. The molecule has 0 aliphatic carbocycles. The maximum atomic E-state index is 13.4. The number of nitrogens with one attached hydrogen (secondary N) is 1. The molecule has 1 saturated heterocycles. The molecule has 2 heterocycles. The van der Waals surface area contributed by atoms with Crippen molar-refractivity contribution < 1.29 is 9.18 Å². The van der Waals surface area contributed by atoms with Gasteiger partial charge in [0.25, 0.3) is 0 Å². The van der Waals surface area contributed by atoms with Crippen molar-refractivity contribution in [2.45, 2.75) is 32.1 Å². The summed E-state index contributed by atoms with van der Waals surface area (Å²) in [6.07, 6.45) is 2.49. The fraction of sp³-hybridized carbons (Fsp3) is 0.318. The molecule has 4 rings (SSSR count). The van der Waals surface area contributed by atoms with Crippen LogP contribution in [0.4, 0.5) is 4.39 Å². The Labute approximate surface area is 152 Å². The zero-order valence-corrected chi connectivity index (χ0v) is 15.0. The van der Waals surface area contributed by atoms with E-state index in [0.29, 0.717) is 6.42 Å². The van der Waals surface area contributed by atoms with Crippen LogP contribution in [0.2, 0.25) is 0 Å². The van der Waals surface area contributed by atoms with Crippen LogP contribution in [0.5, 0.6) is 0 Å². The molecule has 0 saturated carbocycles. The summed E-state index contributed by atoms with van der Waals surface area (Å²) in [5.74, 6) is 0.239. The second-order valence-electron chi connectivity index (χ2n) is 7.30. The molecular formula is C22H23FN2O. The van der Waals surface area contributed by atoms with E-state index in [0.717, 1.165) is 48.1 Å². The summed E-state index contributed by atoms with van der Waals surface area (Å²) in [6, 6.07) is 15.0. The molecular weight excluding hydrogens is 327 g/mol. The van der Waals surface area contributed by atoms with Gasteiger partial charge < -0.3 is 9.88 Å². The number of aryl methyl sites for hydroxylation is 1. The molecule has 4 heteroatoms. The van der Waals surface area contributed by atoms with Crippen molar-refractivity contribution in [2.75, 3.05) is 13.1 Å². The van der Waals surface area contributed by atoms with Crippen LogP contribution in [0.1, 0.15) is 35.6 Å². The van der Waals surface area contributed by atoms with Gasteiger partial charge in [-0.25, -0.2) is 4.39 Å². The fourth-order valence-corrected chi connectivity index (χ4v) is 3.80. The number of carbonyl (C=O) groups is 1. The molecule has 1 atom stereocenters. The average molecular weight is 350 g/mol. The number of likely N-dealkylation sites (tertiary alicyclic amines) is 1.